The molecule has 0 nitrogen and oxygen atoms in total. The third-order valence-corrected chi connectivity index (χ3v) is 9.28. The zero-order valence-corrected chi connectivity index (χ0v) is 18.0. The van der Waals surface area contributed by atoms with E-state index in [0.717, 1.165) is 0 Å². The quantitative estimate of drug-likeness (QED) is 0.477. The fourth-order valence-electron chi connectivity index (χ4n) is 3.79. The molecule has 2 heteroatoms. The van der Waals surface area contributed by atoms with Gasteiger partial charge in [0.1, 0.15) is 0 Å². The molecule has 26 heavy (non-hydrogen) atoms. The first kappa shape index (κ1) is 20.9. The van der Waals surface area contributed by atoms with Crippen LogP contribution in [0.4, 0.5) is 0 Å². The zero-order chi connectivity index (χ0) is 17.4. The molecule has 0 saturated carbocycles. The van der Waals surface area contributed by atoms with Crippen LogP contribution in [-0.2, 0) is 18.5 Å². The first-order valence-corrected chi connectivity index (χ1v) is 11.8. The smallest absolute Gasteiger partial charge is 0.0849 e. The van der Waals surface area contributed by atoms with Crippen LogP contribution in [0.5, 0.6) is 0 Å². The number of benzene rings is 3. The number of hydrogen-bond donors (Lipinski definition) is 0. The van der Waals surface area contributed by atoms with E-state index in [2.05, 4.69) is 97.9 Å². The second-order valence-electron chi connectivity index (χ2n) is 7.00. The molecule has 0 fully saturated rings. The van der Waals surface area contributed by atoms with Gasteiger partial charge in [-0.05, 0) is 23.1 Å². The van der Waals surface area contributed by atoms with Gasteiger partial charge in [-0.3, -0.25) is 0 Å². The normalized spacial score (nSPS) is 11.0. The van der Waals surface area contributed by atoms with Crippen molar-refractivity contribution in [2.45, 2.75) is 31.8 Å². The molecule has 0 N–H and O–H groups in total. The molecule has 0 unspecified atom stereocenters. The second-order valence-corrected chi connectivity index (χ2v) is 11.1. The summed E-state index contributed by atoms with van der Waals surface area (Å²) >= 11 is 0. The summed E-state index contributed by atoms with van der Waals surface area (Å²) in [7, 11) is -1.16. The molecule has 3 aromatic rings. The molecule has 0 aliphatic rings. The van der Waals surface area contributed by atoms with Crippen LogP contribution in [0.1, 0.15) is 30.0 Å². The molecule has 0 aliphatic heterocycles. The Balaban J connectivity index is 0.00000243. The number of halogens is 1. The first-order valence-electron chi connectivity index (χ1n) is 9.26. The van der Waals surface area contributed by atoms with E-state index < -0.39 is 7.26 Å². The summed E-state index contributed by atoms with van der Waals surface area (Å²) in [4.78, 5) is 0. The van der Waals surface area contributed by atoms with Crippen LogP contribution in [0.2, 0.25) is 0 Å². The minimum Gasteiger partial charge on any atom is -1.00 e. The molecule has 3 aromatic carbocycles. The maximum atomic E-state index is 2.34. The minimum absolute atomic E-state index is 0. The third kappa shape index (κ3) is 6.08. The standard InChI is InChI=1S/C24H28P.BrH/c1-2-18-25(19-22-12-6-3-7-13-22,20-23-14-8-4-9-15-23)21-24-16-10-5-11-17-24;/h3-17H,2,18-21H2,1H3;1H/q+1;/p-1. The van der Waals surface area contributed by atoms with Crippen molar-refractivity contribution in [3.63, 3.8) is 0 Å². The largest absolute Gasteiger partial charge is 1.00 e. The Labute approximate surface area is 169 Å². The Morgan fingerprint density at radius 3 is 1.12 bits per heavy atom. The van der Waals surface area contributed by atoms with Crippen LogP contribution in [0.15, 0.2) is 91.0 Å². The molecule has 0 heterocycles. The van der Waals surface area contributed by atoms with Crippen molar-refractivity contribution >= 4 is 7.26 Å². The molecule has 0 aliphatic carbocycles. The summed E-state index contributed by atoms with van der Waals surface area (Å²) in [6, 6.07) is 33.3. The van der Waals surface area contributed by atoms with Gasteiger partial charge >= 0.3 is 0 Å². The van der Waals surface area contributed by atoms with E-state index >= 15 is 0 Å². The fraction of sp³-hybridized carbons (Fsp3) is 0.250. The molecule has 136 valence electrons. The summed E-state index contributed by atoms with van der Waals surface area (Å²) in [5.74, 6) is 0. The molecule has 0 saturated heterocycles. The summed E-state index contributed by atoms with van der Waals surface area (Å²) in [5, 5.41) is 0. The van der Waals surface area contributed by atoms with Gasteiger partial charge in [-0.1, -0.05) is 97.9 Å². The van der Waals surface area contributed by atoms with Crippen molar-refractivity contribution in [3.8, 4) is 0 Å². The highest BCUT2D eigenvalue weighted by Crippen LogP contribution is 2.66. The first-order chi connectivity index (χ1) is 12.3. The summed E-state index contributed by atoms with van der Waals surface area (Å²) in [5.41, 5.74) is 4.49. The van der Waals surface area contributed by atoms with E-state index in [1.165, 1.54) is 47.8 Å². The summed E-state index contributed by atoms with van der Waals surface area (Å²) in [6.07, 6.45) is 6.34. The molecule has 0 aromatic heterocycles. The zero-order valence-electron chi connectivity index (χ0n) is 15.5. The molecule has 0 spiro atoms. The molecular weight excluding hydrogens is 399 g/mol. The molecular formula is C24H28BrP. The highest BCUT2D eigenvalue weighted by atomic mass is 79.9. The van der Waals surface area contributed by atoms with E-state index in [1.807, 2.05) is 0 Å². The average molecular weight is 427 g/mol. The SMILES string of the molecule is CCC[P+](Cc1ccccc1)(Cc1ccccc1)Cc1ccccc1.[Br-]. The van der Waals surface area contributed by atoms with E-state index in [0.29, 0.717) is 0 Å². The van der Waals surface area contributed by atoms with Gasteiger partial charge in [0, 0.05) is 7.26 Å². The van der Waals surface area contributed by atoms with Crippen LogP contribution in [-0.4, -0.2) is 6.16 Å². The van der Waals surface area contributed by atoms with Crippen LogP contribution >= 0.6 is 7.26 Å². The molecule has 0 bridgehead atoms. The van der Waals surface area contributed by atoms with Crippen molar-refractivity contribution in [1.29, 1.82) is 0 Å². The van der Waals surface area contributed by atoms with Crippen LogP contribution in [0.25, 0.3) is 0 Å². The van der Waals surface area contributed by atoms with Gasteiger partial charge in [0.05, 0.1) is 24.6 Å². The maximum Gasteiger partial charge on any atom is 0.0849 e. The molecule has 3 rings (SSSR count). The number of rotatable bonds is 8. The highest BCUT2D eigenvalue weighted by molar-refractivity contribution is 7.73. The Morgan fingerprint density at radius 1 is 0.538 bits per heavy atom. The van der Waals surface area contributed by atoms with Gasteiger partial charge < -0.3 is 17.0 Å². The van der Waals surface area contributed by atoms with E-state index in [-0.39, 0.29) is 17.0 Å². The van der Waals surface area contributed by atoms with Crippen LogP contribution < -0.4 is 17.0 Å². The van der Waals surface area contributed by atoms with Gasteiger partial charge in [-0.15, -0.1) is 0 Å². The minimum atomic E-state index is -1.16. The fourth-order valence-corrected chi connectivity index (χ4v) is 8.51. The Bertz CT molecular complexity index is 640. The van der Waals surface area contributed by atoms with E-state index in [9.17, 15) is 0 Å². The monoisotopic (exact) mass is 426 g/mol. The number of hydrogen-bond acceptors (Lipinski definition) is 0. The van der Waals surface area contributed by atoms with Crippen LogP contribution in [0, 0.1) is 0 Å². The van der Waals surface area contributed by atoms with Crippen molar-refractivity contribution in [3.05, 3.63) is 108 Å². The van der Waals surface area contributed by atoms with E-state index in [1.54, 1.807) is 0 Å². The Hall–Kier alpha value is -1.43. The highest BCUT2D eigenvalue weighted by Gasteiger charge is 2.37. The molecule has 0 atom stereocenters. The lowest BCUT2D eigenvalue weighted by Gasteiger charge is -2.28. The lowest BCUT2D eigenvalue weighted by atomic mass is 10.2. The summed E-state index contributed by atoms with van der Waals surface area (Å²) < 4.78 is 0. The topological polar surface area (TPSA) is 0 Å². The summed E-state index contributed by atoms with van der Waals surface area (Å²) in [6.45, 7) is 2.34. The lowest BCUT2D eigenvalue weighted by Crippen LogP contribution is -3.00. The average Bonchev–Trinajstić information content (AvgIpc) is 2.64. The maximum absolute atomic E-state index is 2.34. The predicted octanol–water partition coefficient (Wildman–Crippen LogP) is 4.02. The van der Waals surface area contributed by atoms with Crippen LogP contribution in [0.3, 0.4) is 0 Å². The van der Waals surface area contributed by atoms with Crippen molar-refractivity contribution in [1.82, 2.24) is 0 Å². The molecule has 0 amide bonds. The van der Waals surface area contributed by atoms with E-state index in [4.69, 9.17) is 0 Å². The van der Waals surface area contributed by atoms with Crippen molar-refractivity contribution in [2.24, 2.45) is 0 Å². The van der Waals surface area contributed by atoms with Gasteiger partial charge in [0.15, 0.2) is 0 Å². The molecule has 0 radical (unpaired) electrons. The second kappa shape index (κ2) is 10.7. The Morgan fingerprint density at radius 2 is 0.846 bits per heavy atom. The predicted molar refractivity (Wildman–Crippen MR) is 113 cm³/mol. The van der Waals surface area contributed by atoms with Gasteiger partial charge in [-0.2, -0.15) is 0 Å². The van der Waals surface area contributed by atoms with Gasteiger partial charge in [0.2, 0.25) is 0 Å². The lowest BCUT2D eigenvalue weighted by molar-refractivity contribution is -0.00000531. The Kier molecular flexibility index (Phi) is 8.55. The van der Waals surface area contributed by atoms with Crippen molar-refractivity contribution in [2.75, 3.05) is 6.16 Å². The van der Waals surface area contributed by atoms with Gasteiger partial charge in [0.25, 0.3) is 0 Å². The van der Waals surface area contributed by atoms with Crippen molar-refractivity contribution < 1.29 is 17.0 Å². The van der Waals surface area contributed by atoms with Gasteiger partial charge in [-0.25, -0.2) is 0 Å². The third-order valence-electron chi connectivity index (χ3n) is 4.78.